The first-order valence-electron chi connectivity index (χ1n) is 10.3. The van der Waals surface area contributed by atoms with Gasteiger partial charge in [-0.1, -0.05) is 11.6 Å². The highest BCUT2D eigenvalue weighted by atomic mass is 79.9. The third kappa shape index (κ3) is 7.98. The molecule has 0 unspecified atom stereocenters. The number of hydrogen-bond donors (Lipinski definition) is 0. The fourth-order valence-electron chi connectivity index (χ4n) is 2.79. The molecule has 12 heteroatoms. The van der Waals surface area contributed by atoms with Gasteiger partial charge in [0.25, 0.3) is 0 Å². The summed E-state index contributed by atoms with van der Waals surface area (Å²) in [6.45, 7) is 3.06. The zero-order valence-corrected chi connectivity index (χ0v) is 22.3. The Kier molecular flexibility index (Phi) is 11.2. The maximum absolute atomic E-state index is 12.2. The highest BCUT2D eigenvalue weighted by Crippen LogP contribution is 2.38. The zero-order valence-electron chi connectivity index (χ0n) is 18.4. The van der Waals surface area contributed by atoms with Crippen molar-refractivity contribution in [3.63, 3.8) is 0 Å². The summed E-state index contributed by atoms with van der Waals surface area (Å²) in [4.78, 5) is 21.4. The molecule has 3 aromatic rings. The van der Waals surface area contributed by atoms with Gasteiger partial charge < -0.3 is 28.4 Å². The van der Waals surface area contributed by atoms with Crippen molar-refractivity contribution in [2.45, 2.75) is 0 Å². The molecular formula is C22H23Br2ClN2O7. The van der Waals surface area contributed by atoms with E-state index in [2.05, 4.69) is 41.8 Å². The first-order chi connectivity index (χ1) is 16.5. The molecule has 2 aromatic carbocycles. The van der Waals surface area contributed by atoms with Gasteiger partial charge in [-0.05, 0) is 56.1 Å². The molecule has 0 spiro atoms. The quantitative estimate of drug-likeness (QED) is 0.111. The Morgan fingerprint density at radius 1 is 0.824 bits per heavy atom. The first kappa shape index (κ1) is 27.0. The number of nitrogens with zero attached hydrogens (tertiary/aromatic N) is 2. The van der Waals surface area contributed by atoms with Crippen LogP contribution in [0.15, 0.2) is 33.2 Å². The molecule has 1 aromatic heterocycles. The molecule has 34 heavy (non-hydrogen) atoms. The number of halogens is 3. The third-order valence-corrected chi connectivity index (χ3v) is 5.78. The van der Waals surface area contributed by atoms with Gasteiger partial charge >= 0.3 is 6.16 Å². The van der Waals surface area contributed by atoms with Gasteiger partial charge in [-0.3, -0.25) is 0 Å². The van der Waals surface area contributed by atoms with Gasteiger partial charge in [0, 0.05) is 16.6 Å². The molecule has 0 bridgehead atoms. The topological polar surface area (TPSA) is 98.2 Å². The molecule has 0 atom stereocenters. The van der Waals surface area contributed by atoms with Crippen LogP contribution in [-0.2, 0) is 23.7 Å². The molecule has 0 aliphatic carbocycles. The monoisotopic (exact) mass is 620 g/mol. The number of rotatable bonds is 13. The lowest BCUT2D eigenvalue weighted by molar-refractivity contribution is -0.00449. The van der Waals surface area contributed by atoms with E-state index in [9.17, 15) is 4.79 Å². The number of methoxy groups -OCH3 is 1. The summed E-state index contributed by atoms with van der Waals surface area (Å²) in [5.74, 6) is 0.203. The molecule has 1 heterocycles. The minimum atomic E-state index is -0.879. The lowest BCUT2D eigenvalue weighted by atomic mass is 10.2. The smallest absolute Gasteiger partial charge is 0.432 e. The van der Waals surface area contributed by atoms with Crippen molar-refractivity contribution in [2.75, 3.05) is 60.0 Å². The second kappa shape index (κ2) is 14.1. The molecule has 0 aliphatic heterocycles. The van der Waals surface area contributed by atoms with E-state index in [4.69, 9.17) is 40.0 Å². The molecule has 0 amide bonds. The van der Waals surface area contributed by atoms with Gasteiger partial charge in [0.05, 0.1) is 61.8 Å². The predicted molar refractivity (Wildman–Crippen MR) is 134 cm³/mol. The summed E-state index contributed by atoms with van der Waals surface area (Å²) in [5, 5.41) is 0.551. The Morgan fingerprint density at radius 3 is 2.12 bits per heavy atom. The maximum atomic E-state index is 12.2. The number of fused-ring (bicyclic) bond motifs is 2. The number of carbonyl (C=O) groups is 1. The summed E-state index contributed by atoms with van der Waals surface area (Å²) in [7, 11) is 1.62. The Labute approximate surface area is 218 Å². The van der Waals surface area contributed by atoms with E-state index < -0.39 is 6.16 Å². The highest BCUT2D eigenvalue weighted by Gasteiger charge is 2.18. The molecule has 9 nitrogen and oxygen atoms in total. The normalized spacial score (nSPS) is 11.3. The lowest BCUT2D eigenvalue weighted by Gasteiger charge is -2.12. The van der Waals surface area contributed by atoms with Crippen LogP contribution in [0.3, 0.4) is 0 Å². The van der Waals surface area contributed by atoms with Gasteiger partial charge in [-0.15, -0.1) is 0 Å². The van der Waals surface area contributed by atoms with Crippen molar-refractivity contribution in [3.05, 3.63) is 38.2 Å². The van der Waals surface area contributed by atoms with Gasteiger partial charge in [0.2, 0.25) is 0 Å². The highest BCUT2D eigenvalue weighted by molar-refractivity contribution is 9.11. The number of carbonyl (C=O) groups excluding carboxylic acids is 1. The predicted octanol–water partition coefficient (Wildman–Crippen LogP) is 5.17. The van der Waals surface area contributed by atoms with Gasteiger partial charge in [0.1, 0.15) is 17.6 Å². The number of ether oxygens (including phenoxy) is 6. The molecule has 0 aliphatic rings. The summed E-state index contributed by atoms with van der Waals surface area (Å²) < 4.78 is 32.6. The molecule has 0 fully saturated rings. The molecule has 3 rings (SSSR count). The largest absolute Gasteiger partial charge is 0.514 e. The van der Waals surface area contributed by atoms with Crippen molar-refractivity contribution < 1.29 is 33.2 Å². The summed E-state index contributed by atoms with van der Waals surface area (Å²) in [5.41, 5.74) is 2.15. The van der Waals surface area contributed by atoms with Crippen LogP contribution in [0.1, 0.15) is 0 Å². The van der Waals surface area contributed by atoms with Crippen molar-refractivity contribution in [1.29, 1.82) is 0 Å². The van der Waals surface area contributed by atoms with Crippen molar-refractivity contribution in [2.24, 2.45) is 0 Å². The number of benzene rings is 2. The second-order valence-corrected chi connectivity index (χ2v) is 8.90. The van der Waals surface area contributed by atoms with Crippen molar-refractivity contribution in [3.8, 4) is 5.75 Å². The minimum Gasteiger partial charge on any atom is -0.432 e. The van der Waals surface area contributed by atoms with Crippen LogP contribution >= 0.6 is 43.5 Å². The van der Waals surface area contributed by atoms with E-state index in [1.165, 1.54) is 0 Å². The fourth-order valence-corrected chi connectivity index (χ4v) is 4.27. The standard InChI is InChI=1S/C22H23Br2ClN2O7/c1-29-4-5-30-6-7-31-8-9-32-10-11-33-22(28)34-21-16(24)13-15(23)19-20(21)26-17-3-2-14(25)12-18(17)27-19/h2-3,12-13H,4-11H2,1H3. The average Bonchev–Trinajstić information content (AvgIpc) is 2.81. The number of hydrogen-bond acceptors (Lipinski definition) is 9. The second-order valence-electron chi connectivity index (χ2n) is 6.75. The van der Waals surface area contributed by atoms with E-state index in [0.717, 1.165) is 0 Å². The van der Waals surface area contributed by atoms with E-state index >= 15 is 0 Å². The number of aromatic nitrogens is 2. The first-order valence-corrected chi connectivity index (χ1v) is 12.3. The Hall–Kier alpha value is -1.60. The summed E-state index contributed by atoms with van der Waals surface area (Å²) >= 11 is 12.9. The van der Waals surface area contributed by atoms with E-state index in [1.54, 1.807) is 31.4 Å². The van der Waals surface area contributed by atoms with Gasteiger partial charge in [0.15, 0.2) is 5.75 Å². The summed E-state index contributed by atoms with van der Waals surface area (Å²) in [6.07, 6.45) is -0.879. The van der Waals surface area contributed by atoms with Crippen molar-refractivity contribution in [1.82, 2.24) is 9.97 Å². The maximum Gasteiger partial charge on any atom is 0.514 e. The van der Waals surface area contributed by atoms with E-state index in [0.29, 0.717) is 75.7 Å². The van der Waals surface area contributed by atoms with Crippen LogP contribution in [0, 0.1) is 0 Å². The fraction of sp³-hybridized carbons (Fsp3) is 0.409. The van der Waals surface area contributed by atoms with E-state index in [-0.39, 0.29) is 19.0 Å². The lowest BCUT2D eigenvalue weighted by Crippen LogP contribution is -2.16. The summed E-state index contributed by atoms with van der Waals surface area (Å²) in [6, 6.07) is 6.90. The molecule has 0 radical (unpaired) electrons. The van der Waals surface area contributed by atoms with Crippen LogP contribution in [-0.4, -0.2) is 76.1 Å². The average molecular weight is 623 g/mol. The van der Waals surface area contributed by atoms with Gasteiger partial charge in [-0.25, -0.2) is 14.8 Å². The Balaban J connectivity index is 1.46. The van der Waals surface area contributed by atoms with Gasteiger partial charge in [-0.2, -0.15) is 0 Å². The Morgan fingerprint density at radius 2 is 1.44 bits per heavy atom. The molecule has 0 N–H and O–H groups in total. The Bertz CT molecular complexity index is 1120. The van der Waals surface area contributed by atoms with Crippen LogP contribution in [0.25, 0.3) is 22.1 Å². The molecule has 0 saturated heterocycles. The molecule has 0 saturated carbocycles. The molecule has 184 valence electrons. The van der Waals surface area contributed by atoms with Crippen LogP contribution < -0.4 is 4.74 Å². The van der Waals surface area contributed by atoms with Crippen LogP contribution in [0.5, 0.6) is 5.75 Å². The molecular weight excluding hydrogens is 600 g/mol. The third-order valence-electron chi connectivity index (χ3n) is 4.35. The van der Waals surface area contributed by atoms with Crippen LogP contribution in [0.4, 0.5) is 4.79 Å². The van der Waals surface area contributed by atoms with Crippen LogP contribution in [0.2, 0.25) is 5.02 Å². The van der Waals surface area contributed by atoms with Crippen molar-refractivity contribution >= 4 is 71.7 Å². The zero-order chi connectivity index (χ0) is 24.3. The van der Waals surface area contributed by atoms with E-state index in [1.807, 2.05) is 0 Å². The minimum absolute atomic E-state index is 0.0259. The SMILES string of the molecule is COCCOCCOCCOCCOC(=O)Oc1c(Br)cc(Br)c2nc3cc(Cl)ccc3nc12.